The molecule has 5 heteroatoms. The highest BCUT2D eigenvalue weighted by atomic mass is 16.5. The number of benzene rings is 1. The Balaban J connectivity index is 3.19. The van der Waals surface area contributed by atoms with E-state index in [1.165, 1.54) is 24.3 Å². The number of hydrogen-bond acceptors (Lipinski definition) is 3. The lowest BCUT2D eigenvalue weighted by Crippen LogP contribution is -2.25. The second kappa shape index (κ2) is 3.89. The van der Waals surface area contributed by atoms with Gasteiger partial charge >= 0.3 is 5.97 Å². The monoisotopic (exact) mass is 195 g/mol. The largest absolute Gasteiger partial charge is 0.478 e. The van der Waals surface area contributed by atoms with Gasteiger partial charge in [-0.15, -0.1) is 0 Å². The van der Waals surface area contributed by atoms with Crippen molar-refractivity contribution < 1.29 is 19.9 Å². The van der Waals surface area contributed by atoms with Crippen molar-refractivity contribution in [1.82, 2.24) is 0 Å². The van der Waals surface area contributed by atoms with Crippen LogP contribution in [0.2, 0.25) is 0 Å². The summed E-state index contributed by atoms with van der Waals surface area (Å²) in [5.74, 6) is -1.83. The molecule has 0 heterocycles. The lowest BCUT2D eigenvalue weighted by atomic mass is 10.2. The van der Waals surface area contributed by atoms with Gasteiger partial charge in [-0.05, 0) is 12.1 Å². The standard InChI is InChI=1S/C9H9NO4/c1-6(11)10(14)8-5-3-2-4-7(8)9(12)13/h2-5,14H,1H3,(H,12,13). The fourth-order valence-electron chi connectivity index (χ4n) is 1.01. The highest BCUT2D eigenvalue weighted by Crippen LogP contribution is 2.18. The Morgan fingerprint density at radius 2 is 1.86 bits per heavy atom. The molecule has 74 valence electrons. The summed E-state index contributed by atoms with van der Waals surface area (Å²) >= 11 is 0. The second-order valence-electron chi connectivity index (χ2n) is 2.65. The maximum atomic E-state index is 10.8. The van der Waals surface area contributed by atoms with Crippen LogP contribution in [0.3, 0.4) is 0 Å². The minimum Gasteiger partial charge on any atom is -0.478 e. The Kier molecular flexibility index (Phi) is 2.83. The van der Waals surface area contributed by atoms with Gasteiger partial charge in [0.2, 0.25) is 5.91 Å². The number of carboxylic acid groups (broad SMARTS) is 1. The quantitative estimate of drug-likeness (QED) is 0.547. The van der Waals surface area contributed by atoms with Crippen molar-refractivity contribution >= 4 is 17.6 Å². The number of nitrogens with zero attached hydrogens (tertiary/aromatic N) is 1. The SMILES string of the molecule is CC(=O)N(O)c1ccccc1C(=O)O. The zero-order chi connectivity index (χ0) is 10.7. The molecule has 1 aromatic carbocycles. The van der Waals surface area contributed by atoms with E-state index in [-0.39, 0.29) is 11.3 Å². The van der Waals surface area contributed by atoms with E-state index >= 15 is 0 Å². The zero-order valence-electron chi connectivity index (χ0n) is 7.47. The maximum Gasteiger partial charge on any atom is 0.337 e. The Morgan fingerprint density at radius 1 is 1.29 bits per heavy atom. The first-order valence-electron chi connectivity index (χ1n) is 3.86. The number of aromatic carboxylic acids is 1. The van der Waals surface area contributed by atoms with Crippen LogP contribution in [0.15, 0.2) is 24.3 Å². The molecule has 0 spiro atoms. The Hall–Kier alpha value is -1.88. The van der Waals surface area contributed by atoms with Crippen LogP contribution in [0.4, 0.5) is 5.69 Å². The van der Waals surface area contributed by atoms with Crippen molar-refractivity contribution in [2.75, 3.05) is 5.06 Å². The molecule has 1 amide bonds. The van der Waals surface area contributed by atoms with Crippen molar-refractivity contribution in [2.45, 2.75) is 6.92 Å². The maximum absolute atomic E-state index is 10.8. The van der Waals surface area contributed by atoms with E-state index < -0.39 is 11.9 Å². The first-order valence-corrected chi connectivity index (χ1v) is 3.86. The Morgan fingerprint density at radius 3 is 2.36 bits per heavy atom. The van der Waals surface area contributed by atoms with Gasteiger partial charge in [-0.25, -0.2) is 4.79 Å². The van der Waals surface area contributed by atoms with E-state index in [4.69, 9.17) is 5.11 Å². The molecule has 0 atom stereocenters. The molecule has 1 aromatic rings. The average Bonchev–Trinajstić information content (AvgIpc) is 2.16. The molecule has 1 rings (SSSR count). The summed E-state index contributed by atoms with van der Waals surface area (Å²) in [6.07, 6.45) is 0. The third-order valence-electron chi connectivity index (χ3n) is 1.66. The van der Waals surface area contributed by atoms with Gasteiger partial charge in [-0.1, -0.05) is 12.1 Å². The lowest BCUT2D eigenvalue weighted by molar-refractivity contribution is -0.121. The number of hydrogen-bond donors (Lipinski definition) is 2. The number of hydroxylamine groups is 1. The van der Waals surface area contributed by atoms with Gasteiger partial charge < -0.3 is 5.11 Å². The molecule has 5 nitrogen and oxygen atoms in total. The van der Waals surface area contributed by atoms with Crippen LogP contribution in [0.5, 0.6) is 0 Å². The van der Waals surface area contributed by atoms with Gasteiger partial charge in [0.05, 0.1) is 11.3 Å². The van der Waals surface area contributed by atoms with E-state index in [9.17, 15) is 14.8 Å². The molecule has 0 saturated carbocycles. The Labute approximate surface area is 80.2 Å². The van der Waals surface area contributed by atoms with Gasteiger partial charge in [0.25, 0.3) is 0 Å². The number of carboxylic acids is 1. The fraction of sp³-hybridized carbons (Fsp3) is 0.111. The van der Waals surface area contributed by atoms with Crippen LogP contribution in [0.1, 0.15) is 17.3 Å². The van der Waals surface area contributed by atoms with Crippen LogP contribution in [0, 0.1) is 0 Å². The molecule has 0 radical (unpaired) electrons. The molecule has 0 bridgehead atoms. The smallest absolute Gasteiger partial charge is 0.337 e. The minimum atomic E-state index is -1.19. The van der Waals surface area contributed by atoms with E-state index in [1.807, 2.05) is 0 Å². The minimum absolute atomic E-state index is 0.0347. The zero-order valence-corrected chi connectivity index (χ0v) is 7.47. The molecule has 0 aliphatic rings. The molecule has 0 aromatic heterocycles. The number of para-hydroxylation sites is 1. The van der Waals surface area contributed by atoms with Gasteiger partial charge in [-0.2, -0.15) is 5.06 Å². The van der Waals surface area contributed by atoms with Crippen LogP contribution in [0.25, 0.3) is 0 Å². The predicted octanol–water partition coefficient (Wildman–Crippen LogP) is 1.13. The van der Waals surface area contributed by atoms with Crippen LogP contribution < -0.4 is 5.06 Å². The molecular formula is C9H9NO4. The summed E-state index contributed by atoms with van der Waals surface area (Å²) < 4.78 is 0. The third kappa shape index (κ3) is 1.89. The van der Waals surface area contributed by atoms with Crippen molar-refractivity contribution in [1.29, 1.82) is 0 Å². The number of anilines is 1. The van der Waals surface area contributed by atoms with Crippen molar-refractivity contribution in [3.05, 3.63) is 29.8 Å². The highest BCUT2D eigenvalue weighted by Gasteiger charge is 2.16. The molecular weight excluding hydrogens is 186 g/mol. The normalized spacial score (nSPS) is 9.57. The van der Waals surface area contributed by atoms with E-state index in [0.717, 1.165) is 6.92 Å². The molecule has 0 aliphatic carbocycles. The molecule has 0 unspecified atom stereocenters. The van der Waals surface area contributed by atoms with Crippen molar-refractivity contribution in [3.8, 4) is 0 Å². The molecule has 0 saturated heterocycles. The summed E-state index contributed by atoms with van der Waals surface area (Å²) in [6, 6.07) is 5.71. The molecule has 0 fully saturated rings. The summed E-state index contributed by atoms with van der Waals surface area (Å²) in [5, 5.41) is 18.3. The van der Waals surface area contributed by atoms with Crippen molar-refractivity contribution in [2.24, 2.45) is 0 Å². The first kappa shape index (κ1) is 10.2. The second-order valence-corrected chi connectivity index (χ2v) is 2.65. The van der Waals surface area contributed by atoms with Crippen LogP contribution in [-0.2, 0) is 4.79 Å². The number of amides is 1. The van der Waals surface area contributed by atoms with E-state index in [2.05, 4.69) is 0 Å². The summed E-state index contributed by atoms with van der Waals surface area (Å²) in [5.41, 5.74) is -0.155. The van der Waals surface area contributed by atoms with Gasteiger partial charge in [0.15, 0.2) is 0 Å². The number of carbonyl (C=O) groups excluding carboxylic acids is 1. The fourth-order valence-corrected chi connectivity index (χ4v) is 1.01. The molecule has 2 N–H and O–H groups in total. The van der Waals surface area contributed by atoms with Crippen molar-refractivity contribution in [3.63, 3.8) is 0 Å². The van der Waals surface area contributed by atoms with Crippen LogP contribution >= 0.6 is 0 Å². The summed E-state index contributed by atoms with van der Waals surface area (Å²) in [6.45, 7) is 1.14. The van der Waals surface area contributed by atoms with Crippen LogP contribution in [-0.4, -0.2) is 22.2 Å². The van der Waals surface area contributed by atoms with E-state index in [1.54, 1.807) is 0 Å². The molecule has 0 aliphatic heterocycles. The first-order chi connectivity index (χ1) is 6.54. The number of rotatable bonds is 2. The molecule has 14 heavy (non-hydrogen) atoms. The van der Waals surface area contributed by atoms with Gasteiger partial charge in [0.1, 0.15) is 0 Å². The van der Waals surface area contributed by atoms with Gasteiger partial charge in [-0.3, -0.25) is 10.0 Å². The summed E-state index contributed by atoms with van der Waals surface area (Å²) in [7, 11) is 0. The predicted molar refractivity (Wildman–Crippen MR) is 48.3 cm³/mol. The third-order valence-corrected chi connectivity index (χ3v) is 1.66. The highest BCUT2D eigenvalue weighted by molar-refractivity contribution is 5.99. The average molecular weight is 195 g/mol. The van der Waals surface area contributed by atoms with Gasteiger partial charge in [0, 0.05) is 6.92 Å². The topological polar surface area (TPSA) is 77.8 Å². The number of carbonyl (C=O) groups is 2. The Bertz CT molecular complexity index is 375. The summed E-state index contributed by atoms with van der Waals surface area (Å²) in [4.78, 5) is 21.5. The lowest BCUT2D eigenvalue weighted by Gasteiger charge is -2.14. The van der Waals surface area contributed by atoms with E-state index in [0.29, 0.717) is 5.06 Å².